The standard InChI is InChI=1S/C31H38N2S2.C27H30N2S2.C23H22N2S2.C20H15NO2S2/c1-3-5-7-9-19-33(20-10-8-6-4-2)27-17-15-25(16-18-27)26-23-28(30-13-11-21-34-30)32-29(24-26)31-14-12-22-35-31;1-3-5-15-29(16-6-4-2)23-13-11-21(12-14-23)22-19-24(26-9-7-17-30-26)28-25(20-22)27-10-8-18-31-27;1-3-25(4-2)19-11-9-17(10-12-19)18-15-20(22-7-5-13-26-22)24-21(16-18)23-8-6-14-27-23;1-23-18-12-13(6-7-17(18)22)14-10-15(19-4-2-8-24-19)21-16(11-14)20-5-3-9-25-20/h11-18,21-24H,3-10,19-20H2,1-2H3;7-14,17-20H,3-6,15-16H2,1-2H3;5-16H,3-4H2,1-2H3;2-12,22H,1H3. The molecule has 118 heavy (non-hydrogen) atoms. The van der Waals surface area contributed by atoms with Crippen molar-refractivity contribution < 1.29 is 9.84 Å². The van der Waals surface area contributed by atoms with Crippen LogP contribution < -0.4 is 19.4 Å². The second kappa shape index (κ2) is 44.8. The van der Waals surface area contributed by atoms with Crippen LogP contribution in [0.2, 0.25) is 0 Å². The number of methoxy groups -OCH3 is 1. The zero-order chi connectivity index (χ0) is 81.6. The maximum atomic E-state index is 9.86. The van der Waals surface area contributed by atoms with Crippen molar-refractivity contribution in [3.63, 3.8) is 0 Å². The minimum atomic E-state index is 0.136. The van der Waals surface area contributed by atoms with Crippen LogP contribution in [0.15, 0.2) is 280 Å². The number of hydrogen-bond donors (Lipinski definition) is 1. The van der Waals surface area contributed by atoms with E-state index in [4.69, 9.17) is 24.7 Å². The molecular weight excluding hydrogens is 1600 g/mol. The number of pyridine rings is 4. The average Bonchev–Trinajstić information content (AvgIpc) is 0.835. The van der Waals surface area contributed by atoms with Gasteiger partial charge in [0.1, 0.15) is 0 Å². The summed E-state index contributed by atoms with van der Waals surface area (Å²) < 4.78 is 5.25. The summed E-state index contributed by atoms with van der Waals surface area (Å²) in [4.78, 5) is 36.8. The van der Waals surface area contributed by atoms with Crippen molar-refractivity contribution in [2.45, 2.75) is 119 Å². The predicted molar refractivity (Wildman–Crippen MR) is 519 cm³/mol. The molecule has 0 spiro atoms. The van der Waals surface area contributed by atoms with Crippen molar-refractivity contribution >= 4 is 108 Å². The molecule has 0 bridgehead atoms. The molecule has 0 atom stereocenters. The number of phenols is 1. The van der Waals surface area contributed by atoms with Crippen LogP contribution in [0.1, 0.15) is 119 Å². The summed E-state index contributed by atoms with van der Waals surface area (Å²) in [5, 5.41) is 26.7. The maximum Gasteiger partial charge on any atom is 0.161 e. The molecule has 12 aromatic heterocycles. The van der Waals surface area contributed by atoms with Crippen molar-refractivity contribution in [2.24, 2.45) is 0 Å². The van der Waals surface area contributed by atoms with Crippen LogP contribution in [0.5, 0.6) is 11.5 Å². The van der Waals surface area contributed by atoms with Gasteiger partial charge in [0.25, 0.3) is 0 Å². The fourth-order valence-corrected chi connectivity index (χ4v) is 19.6. The molecule has 0 fully saturated rings. The van der Waals surface area contributed by atoms with E-state index >= 15 is 0 Å². The topological polar surface area (TPSA) is 90.7 Å². The molecule has 0 unspecified atom stereocenters. The van der Waals surface area contributed by atoms with Crippen LogP contribution >= 0.6 is 90.7 Å². The summed E-state index contributed by atoms with van der Waals surface area (Å²) in [5.41, 5.74) is 21.5. The van der Waals surface area contributed by atoms with Crippen molar-refractivity contribution in [3.05, 3.63) is 280 Å². The van der Waals surface area contributed by atoms with Crippen LogP contribution in [0, 0.1) is 0 Å². The van der Waals surface area contributed by atoms with Gasteiger partial charge in [0, 0.05) is 56.3 Å². The first-order chi connectivity index (χ1) is 58.1. The number of anilines is 3. The lowest BCUT2D eigenvalue weighted by atomic mass is 10.0. The van der Waals surface area contributed by atoms with Gasteiger partial charge in [-0.05, 0) is 273 Å². The molecule has 0 aliphatic heterocycles. The quantitative estimate of drug-likeness (QED) is 0.0396. The van der Waals surface area contributed by atoms with Gasteiger partial charge in [0.15, 0.2) is 11.5 Å². The number of unbranched alkanes of at least 4 members (excludes halogenated alkanes) is 8. The summed E-state index contributed by atoms with van der Waals surface area (Å²) >= 11 is 13.8. The second-order valence-electron chi connectivity index (χ2n) is 28.8. The van der Waals surface area contributed by atoms with Crippen LogP contribution in [-0.4, -0.2) is 71.4 Å². The number of ether oxygens (including phenoxy) is 1. The smallest absolute Gasteiger partial charge is 0.161 e. The minimum Gasteiger partial charge on any atom is -0.504 e. The molecule has 12 heterocycles. The normalized spacial score (nSPS) is 11.0. The third-order valence-electron chi connectivity index (χ3n) is 20.6. The van der Waals surface area contributed by atoms with E-state index in [1.165, 1.54) is 157 Å². The molecule has 0 aliphatic rings. The summed E-state index contributed by atoms with van der Waals surface area (Å²) in [5.74, 6) is 0.599. The Bertz CT molecular complexity index is 5300. The van der Waals surface area contributed by atoms with Gasteiger partial charge in [0.2, 0.25) is 0 Å². The van der Waals surface area contributed by atoms with Gasteiger partial charge >= 0.3 is 0 Å². The monoisotopic (exact) mass is 1700 g/mol. The van der Waals surface area contributed by atoms with E-state index in [2.05, 4.69) is 306 Å². The lowest BCUT2D eigenvalue weighted by Gasteiger charge is -2.25. The zero-order valence-electron chi connectivity index (χ0n) is 68.6. The Hall–Kier alpha value is -9.92. The SMILES string of the molecule is CCCCCCN(CCCCCC)c1ccc(-c2cc(-c3cccs3)nc(-c3cccs3)c2)cc1.CCCCN(CCCC)c1ccc(-c2cc(-c3cccs3)nc(-c3cccs3)c2)cc1.CCN(CC)c1ccc(-c2cc(-c3cccs3)nc(-c3cccs3)c2)cc1.COc1cc(-c2cc(-c3cccs3)nc(-c3cccs3)c2)ccc1O. The van der Waals surface area contributed by atoms with Gasteiger partial charge in [-0.3, -0.25) is 0 Å². The third kappa shape index (κ3) is 23.5. The summed E-state index contributed by atoms with van der Waals surface area (Å²) in [6.45, 7) is 20.1. The molecule has 0 radical (unpaired) electrons. The Balaban J connectivity index is 0.000000137. The molecule has 0 amide bonds. The molecule has 0 saturated heterocycles. The highest BCUT2D eigenvalue weighted by atomic mass is 32.1. The summed E-state index contributed by atoms with van der Waals surface area (Å²) in [6.07, 6.45) is 15.4. The number of aromatic hydroxyl groups is 1. The van der Waals surface area contributed by atoms with Crippen molar-refractivity contribution in [1.29, 1.82) is 0 Å². The van der Waals surface area contributed by atoms with Gasteiger partial charge in [-0.15, -0.1) is 90.7 Å². The summed E-state index contributed by atoms with van der Waals surface area (Å²) in [6, 6.07) is 83.8. The van der Waals surface area contributed by atoms with Crippen LogP contribution in [-0.2, 0) is 0 Å². The minimum absolute atomic E-state index is 0.136. The lowest BCUT2D eigenvalue weighted by Crippen LogP contribution is -2.25. The molecule has 604 valence electrons. The van der Waals surface area contributed by atoms with E-state index in [-0.39, 0.29) is 5.75 Å². The van der Waals surface area contributed by atoms with Gasteiger partial charge in [0.05, 0.1) is 91.7 Å². The maximum absolute atomic E-state index is 9.86. The number of benzene rings is 4. The van der Waals surface area contributed by atoms with Gasteiger partial charge in [-0.25, -0.2) is 19.9 Å². The van der Waals surface area contributed by atoms with E-state index in [0.29, 0.717) is 5.75 Å². The number of nitrogens with zero attached hydrogens (tertiary/aromatic N) is 7. The van der Waals surface area contributed by atoms with Gasteiger partial charge < -0.3 is 24.5 Å². The van der Waals surface area contributed by atoms with E-state index in [9.17, 15) is 5.11 Å². The van der Waals surface area contributed by atoms with Crippen LogP contribution in [0.3, 0.4) is 0 Å². The fraction of sp³-hybridized carbons (Fsp3) is 0.248. The largest absolute Gasteiger partial charge is 0.504 e. The Morgan fingerprint density at radius 2 is 0.492 bits per heavy atom. The first-order valence-electron chi connectivity index (χ1n) is 41.4. The Labute approximate surface area is 731 Å². The third-order valence-corrected chi connectivity index (χ3v) is 27.7. The first-order valence-corrected chi connectivity index (χ1v) is 48.5. The molecular formula is C101H105N7O2S8. The van der Waals surface area contributed by atoms with Crippen molar-refractivity contribution in [2.75, 3.05) is 61.1 Å². The highest BCUT2D eigenvalue weighted by Crippen LogP contribution is 2.41. The van der Waals surface area contributed by atoms with E-state index in [0.717, 1.165) is 106 Å². The lowest BCUT2D eigenvalue weighted by molar-refractivity contribution is 0.373. The number of rotatable bonds is 34. The van der Waals surface area contributed by atoms with Crippen LogP contribution in [0.25, 0.3) is 129 Å². The Morgan fingerprint density at radius 3 is 0.720 bits per heavy atom. The van der Waals surface area contributed by atoms with E-state index < -0.39 is 0 Å². The predicted octanol–water partition coefficient (Wildman–Crippen LogP) is 31.8. The molecule has 17 heteroatoms. The second-order valence-corrected chi connectivity index (χ2v) is 36.4. The molecule has 4 aromatic carbocycles. The molecule has 9 nitrogen and oxygen atoms in total. The number of hydrogen-bond acceptors (Lipinski definition) is 17. The van der Waals surface area contributed by atoms with Crippen LogP contribution in [0.4, 0.5) is 17.1 Å². The number of phenolic OH excluding ortho intramolecular Hbond substituents is 1. The molecule has 1 N–H and O–H groups in total. The highest BCUT2D eigenvalue weighted by Gasteiger charge is 2.18. The molecule has 0 saturated carbocycles. The van der Waals surface area contributed by atoms with E-state index in [1.807, 2.05) is 24.3 Å². The summed E-state index contributed by atoms with van der Waals surface area (Å²) in [7, 11) is 1.56. The van der Waals surface area contributed by atoms with Crippen molar-refractivity contribution in [3.8, 4) is 141 Å². The molecule has 16 aromatic rings. The molecule has 16 rings (SSSR count). The molecule has 0 aliphatic carbocycles. The van der Waals surface area contributed by atoms with Gasteiger partial charge in [-0.1, -0.05) is 170 Å². The Kier molecular flexibility index (Phi) is 32.6. The highest BCUT2D eigenvalue weighted by molar-refractivity contribution is 7.15. The Morgan fingerprint density at radius 1 is 0.254 bits per heavy atom. The van der Waals surface area contributed by atoms with E-state index in [1.54, 1.807) is 104 Å². The van der Waals surface area contributed by atoms with Gasteiger partial charge in [-0.2, -0.15) is 0 Å². The first kappa shape index (κ1) is 85.9. The number of aromatic nitrogens is 4. The fourth-order valence-electron chi connectivity index (χ4n) is 14.1. The number of thiophene rings is 8. The zero-order valence-corrected chi connectivity index (χ0v) is 75.1. The average molecular weight is 1710 g/mol. The van der Waals surface area contributed by atoms with Crippen molar-refractivity contribution in [1.82, 2.24) is 19.9 Å².